The zero-order chi connectivity index (χ0) is 22.5. The number of alkyl halides is 2. The molecule has 0 saturated carbocycles. The van der Waals surface area contributed by atoms with Crippen LogP contribution in [0.2, 0.25) is 0 Å². The Kier molecular flexibility index (Phi) is 5.03. The Hall–Kier alpha value is -3.16. The first-order valence-electron chi connectivity index (χ1n) is 10.9. The summed E-state index contributed by atoms with van der Waals surface area (Å²) >= 11 is 0. The van der Waals surface area contributed by atoms with E-state index in [1.807, 2.05) is 26.0 Å². The van der Waals surface area contributed by atoms with Gasteiger partial charge < -0.3 is 19.5 Å². The number of carbonyl (C=O) groups excluding carboxylic acids is 1. The van der Waals surface area contributed by atoms with E-state index in [9.17, 15) is 13.6 Å². The Morgan fingerprint density at radius 3 is 2.62 bits per heavy atom. The molecule has 168 valence electrons. The summed E-state index contributed by atoms with van der Waals surface area (Å²) in [5, 5.41) is 0. The van der Waals surface area contributed by atoms with E-state index in [0.29, 0.717) is 19.7 Å². The number of carbonyl (C=O) groups is 1. The van der Waals surface area contributed by atoms with Crippen LogP contribution in [0.3, 0.4) is 0 Å². The lowest BCUT2D eigenvalue weighted by Gasteiger charge is -2.35. The number of nitrogens with one attached hydrogen (secondary N) is 1. The number of H-pyrrole nitrogens is 1. The highest BCUT2D eigenvalue weighted by Gasteiger charge is 2.37. The quantitative estimate of drug-likeness (QED) is 0.586. The third-order valence-electron chi connectivity index (χ3n) is 6.29. The predicted molar refractivity (Wildman–Crippen MR) is 118 cm³/mol. The van der Waals surface area contributed by atoms with Gasteiger partial charge in [-0.15, -0.1) is 0 Å². The van der Waals surface area contributed by atoms with Crippen LogP contribution >= 0.6 is 0 Å². The lowest BCUT2D eigenvalue weighted by molar-refractivity contribution is -0.0493. The number of piperidine rings is 1. The number of benzene rings is 2. The number of halogens is 2. The van der Waals surface area contributed by atoms with Gasteiger partial charge in [-0.3, -0.25) is 0 Å². The molecule has 2 aromatic carbocycles. The third kappa shape index (κ3) is 3.89. The predicted octanol–water partition coefficient (Wildman–Crippen LogP) is 4.89. The first-order valence-corrected chi connectivity index (χ1v) is 10.9. The van der Waals surface area contributed by atoms with Crippen LogP contribution < -0.4 is 4.74 Å². The monoisotopic (exact) mass is 440 g/mol. The van der Waals surface area contributed by atoms with Crippen LogP contribution in [0.4, 0.5) is 13.6 Å². The van der Waals surface area contributed by atoms with Gasteiger partial charge in [0.1, 0.15) is 18.2 Å². The van der Waals surface area contributed by atoms with Crippen LogP contribution in [-0.2, 0) is 6.54 Å². The minimum atomic E-state index is -2.68. The lowest BCUT2D eigenvalue weighted by atomic mass is 9.98. The van der Waals surface area contributed by atoms with Crippen molar-refractivity contribution in [3.63, 3.8) is 0 Å². The third-order valence-corrected chi connectivity index (χ3v) is 6.29. The first kappa shape index (κ1) is 20.7. The molecule has 3 heterocycles. The molecule has 3 aromatic rings. The molecule has 1 fully saturated rings. The maximum absolute atomic E-state index is 13.5. The molecule has 2 aliphatic rings. The van der Waals surface area contributed by atoms with Gasteiger partial charge in [0.25, 0.3) is 5.92 Å². The Bertz CT molecular complexity index is 1180. The van der Waals surface area contributed by atoms with E-state index in [0.717, 1.165) is 44.9 Å². The number of nitrogens with zero attached hydrogens (tertiary/aromatic N) is 3. The summed E-state index contributed by atoms with van der Waals surface area (Å²) < 4.78 is 33.0. The second-order valence-corrected chi connectivity index (χ2v) is 8.73. The van der Waals surface area contributed by atoms with E-state index < -0.39 is 5.92 Å². The van der Waals surface area contributed by atoms with Crippen LogP contribution in [0.5, 0.6) is 5.75 Å². The molecule has 1 aromatic heterocycles. The zero-order valence-electron chi connectivity index (χ0n) is 18.3. The van der Waals surface area contributed by atoms with Crippen LogP contribution in [0.25, 0.3) is 22.2 Å². The number of ether oxygens (including phenoxy) is 1. The van der Waals surface area contributed by atoms with Gasteiger partial charge in [-0.1, -0.05) is 6.07 Å². The number of imidazole rings is 1. The van der Waals surface area contributed by atoms with Crippen molar-refractivity contribution in [3.05, 3.63) is 47.3 Å². The van der Waals surface area contributed by atoms with E-state index in [-0.39, 0.29) is 32.0 Å². The second-order valence-electron chi connectivity index (χ2n) is 8.73. The van der Waals surface area contributed by atoms with Gasteiger partial charge in [0.2, 0.25) is 0 Å². The van der Waals surface area contributed by atoms with Gasteiger partial charge in [-0.2, -0.15) is 0 Å². The zero-order valence-corrected chi connectivity index (χ0v) is 18.3. The second kappa shape index (κ2) is 7.76. The fourth-order valence-electron chi connectivity index (χ4n) is 4.59. The maximum Gasteiger partial charge on any atom is 0.320 e. The summed E-state index contributed by atoms with van der Waals surface area (Å²) in [5.41, 5.74) is 5.91. The summed E-state index contributed by atoms with van der Waals surface area (Å²) in [7, 11) is 0. The SMILES string of the molecule is Cc1nc2ccc(-c3cc(C)c4c(c3)CN(C(=O)N3CCC(F)(F)CC3)CCO4)cc2[nH]1. The highest BCUT2D eigenvalue weighted by atomic mass is 19.3. The van der Waals surface area contributed by atoms with Crippen LogP contribution in [0.1, 0.15) is 29.8 Å². The molecule has 5 rings (SSSR count). The van der Waals surface area contributed by atoms with E-state index in [1.54, 1.807) is 4.90 Å². The Balaban J connectivity index is 1.43. The molecule has 0 spiro atoms. The number of hydrogen-bond donors (Lipinski definition) is 1. The fourth-order valence-corrected chi connectivity index (χ4v) is 4.59. The maximum atomic E-state index is 13.5. The standard InChI is InChI=1S/C24H26F2N4O2/c1-15-11-18(17-3-4-20-21(13-17)28-16(2)27-20)12-19-14-30(9-10-32-22(15)19)23(31)29-7-5-24(25,26)6-8-29/h3-4,11-13H,5-10,14H2,1-2H3,(H,27,28). The molecule has 2 aliphatic heterocycles. The summed E-state index contributed by atoms with van der Waals surface area (Å²) in [4.78, 5) is 24.0. The van der Waals surface area contributed by atoms with E-state index >= 15 is 0 Å². The molecule has 1 saturated heterocycles. The molecule has 1 N–H and O–H groups in total. The summed E-state index contributed by atoms with van der Waals surface area (Å²) in [6.45, 7) is 5.29. The van der Waals surface area contributed by atoms with Gasteiger partial charge in [0.15, 0.2) is 0 Å². The Morgan fingerprint density at radius 2 is 1.84 bits per heavy atom. The van der Waals surface area contributed by atoms with Crippen LogP contribution in [0.15, 0.2) is 30.3 Å². The minimum Gasteiger partial charge on any atom is -0.491 e. The van der Waals surface area contributed by atoms with Crippen molar-refractivity contribution in [1.29, 1.82) is 0 Å². The lowest BCUT2D eigenvalue weighted by Crippen LogP contribution is -2.49. The highest BCUT2D eigenvalue weighted by Crippen LogP contribution is 2.34. The molecule has 8 heteroatoms. The van der Waals surface area contributed by atoms with Crippen molar-refractivity contribution >= 4 is 17.1 Å². The summed E-state index contributed by atoms with van der Waals surface area (Å²) in [6.07, 6.45) is -0.559. The van der Waals surface area contributed by atoms with Gasteiger partial charge in [-0.05, 0) is 54.8 Å². The van der Waals surface area contributed by atoms with Gasteiger partial charge in [0.05, 0.1) is 24.1 Å². The molecule has 0 radical (unpaired) electrons. The molecule has 0 atom stereocenters. The van der Waals surface area contributed by atoms with Gasteiger partial charge in [-0.25, -0.2) is 18.6 Å². The Morgan fingerprint density at radius 1 is 1.06 bits per heavy atom. The van der Waals surface area contributed by atoms with Crippen molar-refractivity contribution < 1.29 is 18.3 Å². The van der Waals surface area contributed by atoms with Gasteiger partial charge in [0, 0.05) is 31.5 Å². The van der Waals surface area contributed by atoms with Crippen molar-refractivity contribution in [3.8, 4) is 16.9 Å². The minimum absolute atomic E-state index is 0.0821. The summed E-state index contributed by atoms with van der Waals surface area (Å²) in [5.74, 6) is -1.01. The normalized spacial score (nSPS) is 18.2. The molecule has 2 amide bonds. The number of urea groups is 1. The number of aromatic amines is 1. The number of amides is 2. The van der Waals surface area contributed by atoms with Crippen LogP contribution in [-0.4, -0.2) is 58.0 Å². The number of aromatic nitrogens is 2. The van der Waals surface area contributed by atoms with Crippen molar-refractivity contribution in [2.24, 2.45) is 0 Å². The molecular formula is C24H26F2N4O2. The molecule has 0 aliphatic carbocycles. The molecule has 0 unspecified atom stereocenters. The van der Waals surface area contributed by atoms with Crippen molar-refractivity contribution in [1.82, 2.24) is 19.8 Å². The summed E-state index contributed by atoms with van der Waals surface area (Å²) in [6, 6.07) is 10.1. The van der Waals surface area contributed by atoms with E-state index in [4.69, 9.17) is 4.74 Å². The molecule has 32 heavy (non-hydrogen) atoms. The topological polar surface area (TPSA) is 61.5 Å². The van der Waals surface area contributed by atoms with E-state index in [2.05, 4.69) is 28.2 Å². The smallest absolute Gasteiger partial charge is 0.320 e. The highest BCUT2D eigenvalue weighted by molar-refractivity contribution is 5.82. The largest absolute Gasteiger partial charge is 0.491 e. The Labute approximate surface area is 185 Å². The first-order chi connectivity index (χ1) is 15.3. The average molecular weight is 440 g/mol. The molecule has 0 bridgehead atoms. The number of hydrogen-bond acceptors (Lipinski definition) is 3. The van der Waals surface area contributed by atoms with Crippen molar-refractivity contribution in [2.75, 3.05) is 26.2 Å². The molecule has 6 nitrogen and oxygen atoms in total. The average Bonchev–Trinajstić information content (AvgIpc) is 2.98. The number of likely N-dealkylation sites (tertiary alicyclic amines) is 1. The molecular weight excluding hydrogens is 414 g/mol. The fraction of sp³-hybridized carbons (Fsp3) is 0.417. The van der Waals surface area contributed by atoms with Crippen molar-refractivity contribution in [2.45, 2.75) is 39.2 Å². The number of fused-ring (bicyclic) bond motifs is 2. The van der Waals surface area contributed by atoms with Gasteiger partial charge >= 0.3 is 6.03 Å². The van der Waals surface area contributed by atoms with Crippen LogP contribution in [0, 0.1) is 13.8 Å². The number of aryl methyl sites for hydroxylation is 2. The van der Waals surface area contributed by atoms with E-state index in [1.165, 1.54) is 4.90 Å². The number of rotatable bonds is 1.